The summed E-state index contributed by atoms with van der Waals surface area (Å²) >= 11 is 0. The number of nitrogen functional groups attached to an aromatic ring is 1. The van der Waals surface area contributed by atoms with E-state index in [0.29, 0.717) is 41.1 Å². The van der Waals surface area contributed by atoms with Crippen LogP contribution in [-0.4, -0.2) is 39.6 Å². The molecule has 0 unspecified atom stereocenters. The van der Waals surface area contributed by atoms with Crippen LogP contribution in [0, 0.1) is 6.92 Å². The molecule has 0 bridgehead atoms. The number of nitrogens with two attached hydrogens (primary N) is 1. The fourth-order valence-corrected chi connectivity index (χ4v) is 3.28. The SMILES string of the molecule is CCOc1ccccc1-c1nc(Cn2nnc(C(=O)Nc3ccccc3OC)c2N)c(C)o1. The molecule has 4 aromatic rings. The van der Waals surface area contributed by atoms with Crippen molar-refractivity contribution in [3.63, 3.8) is 0 Å². The van der Waals surface area contributed by atoms with Gasteiger partial charge in [0.2, 0.25) is 5.89 Å². The van der Waals surface area contributed by atoms with Crippen molar-refractivity contribution in [3.8, 4) is 23.0 Å². The first-order valence-corrected chi connectivity index (χ1v) is 10.3. The van der Waals surface area contributed by atoms with Gasteiger partial charge in [-0.15, -0.1) is 5.10 Å². The summed E-state index contributed by atoms with van der Waals surface area (Å²) in [6.45, 7) is 4.43. The van der Waals surface area contributed by atoms with Gasteiger partial charge in [-0.2, -0.15) is 0 Å². The minimum absolute atomic E-state index is 0.00367. The van der Waals surface area contributed by atoms with Crippen molar-refractivity contribution in [2.45, 2.75) is 20.4 Å². The molecular formula is C23H24N6O4. The second-order valence-electron chi connectivity index (χ2n) is 7.09. The van der Waals surface area contributed by atoms with Crippen LogP contribution in [0.15, 0.2) is 52.9 Å². The summed E-state index contributed by atoms with van der Waals surface area (Å²) in [6.07, 6.45) is 0. The number of rotatable bonds is 8. The summed E-state index contributed by atoms with van der Waals surface area (Å²) in [5, 5.41) is 10.7. The van der Waals surface area contributed by atoms with Crippen LogP contribution in [0.3, 0.4) is 0 Å². The van der Waals surface area contributed by atoms with E-state index >= 15 is 0 Å². The number of ether oxygens (including phenoxy) is 2. The number of benzene rings is 2. The normalized spacial score (nSPS) is 10.8. The highest BCUT2D eigenvalue weighted by atomic mass is 16.5. The zero-order chi connectivity index (χ0) is 23.4. The number of carbonyl (C=O) groups excluding carboxylic acids is 1. The van der Waals surface area contributed by atoms with Gasteiger partial charge in [-0.25, -0.2) is 9.67 Å². The standard InChI is InChI=1S/C23H24N6O4/c1-4-32-18-11-7-5-9-15(18)23-26-17(14(2)33-23)13-29-21(24)20(27-28-29)22(30)25-16-10-6-8-12-19(16)31-3/h5-12H,4,13,24H2,1-3H3,(H,25,30). The van der Waals surface area contributed by atoms with Gasteiger partial charge in [0, 0.05) is 0 Å². The van der Waals surface area contributed by atoms with Crippen molar-refractivity contribution in [3.05, 3.63) is 65.7 Å². The maximum atomic E-state index is 12.7. The topological polar surface area (TPSA) is 130 Å². The summed E-state index contributed by atoms with van der Waals surface area (Å²) in [4.78, 5) is 17.3. The molecular weight excluding hydrogens is 424 g/mol. The van der Waals surface area contributed by atoms with Crippen LogP contribution < -0.4 is 20.5 Å². The quantitative estimate of drug-likeness (QED) is 0.419. The average Bonchev–Trinajstić information content (AvgIpc) is 3.37. The molecule has 170 valence electrons. The molecule has 0 aliphatic heterocycles. The highest BCUT2D eigenvalue weighted by Gasteiger charge is 2.21. The Kier molecular flexibility index (Phi) is 6.25. The lowest BCUT2D eigenvalue weighted by Gasteiger charge is -2.08. The molecule has 2 heterocycles. The largest absolute Gasteiger partial charge is 0.495 e. The van der Waals surface area contributed by atoms with Crippen molar-refractivity contribution in [2.24, 2.45) is 0 Å². The summed E-state index contributed by atoms with van der Waals surface area (Å²) in [5.41, 5.74) is 8.05. The number of aromatic nitrogens is 4. The summed E-state index contributed by atoms with van der Waals surface area (Å²) in [6, 6.07) is 14.6. The van der Waals surface area contributed by atoms with Crippen LogP contribution in [0.2, 0.25) is 0 Å². The smallest absolute Gasteiger partial charge is 0.280 e. The predicted molar refractivity (Wildman–Crippen MR) is 122 cm³/mol. The third kappa shape index (κ3) is 4.49. The molecule has 10 nitrogen and oxygen atoms in total. The number of hydrogen-bond donors (Lipinski definition) is 2. The van der Waals surface area contributed by atoms with E-state index in [4.69, 9.17) is 19.6 Å². The molecule has 0 aliphatic rings. The zero-order valence-electron chi connectivity index (χ0n) is 18.5. The first kappa shape index (κ1) is 21.9. The van der Waals surface area contributed by atoms with Crippen LogP contribution in [0.1, 0.15) is 28.9 Å². The van der Waals surface area contributed by atoms with Crippen molar-refractivity contribution in [1.82, 2.24) is 20.0 Å². The molecule has 0 radical (unpaired) electrons. The third-order valence-electron chi connectivity index (χ3n) is 4.95. The molecule has 0 saturated heterocycles. The first-order valence-electron chi connectivity index (χ1n) is 10.3. The third-order valence-corrected chi connectivity index (χ3v) is 4.95. The van der Waals surface area contributed by atoms with Crippen LogP contribution in [0.5, 0.6) is 11.5 Å². The Labute approximate surface area is 190 Å². The van der Waals surface area contributed by atoms with Crippen molar-refractivity contribution in [2.75, 3.05) is 24.8 Å². The Morgan fingerprint density at radius 3 is 2.64 bits per heavy atom. The lowest BCUT2D eigenvalue weighted by molar-refractivity contribution is 0.102. The number of carbonyl (C=O) groups is 1. The number of hydrogen-bond acceptors (Lipinski definition) is 8. The molecule has 2 aromatic carbocycles. The molecule has 3 N–H and O–H groups in total. The van der Waals surface area contributed by atoms with Gasteiger partial charge in [0.25, 0.3) is 5.91 Å². The van der Waals surface area contributed by atoms with E-state index in [1.807, 2.05) is 31.2 Å². The van der Waals surface area contributed by atoms with E-state index in [9.17, 15) is 4.79 Å². The molecule has 4 rings (SSSR count). The molecule has 10 heteroatoms. The number of oxazole rings is 1. The Balaban J connectivity index is 1.55. The number of anilines is 2. The summed E-state index contributed by atoms with van der Waals surface area (Å²) < 4.78 is 18.2. The van der Waals surface area contributed by atoms with Gasteiger partial charge in [-0.3, -0.25) is 4.79 Å². The van der Waals surface area contributed by atoms with Crippen molar-refractivity contribution in [1.29, 1.82) is 0 Å². The molecule has 1 amide bonds. The van der Waals surface area contributed by atoms with Gasteiger partial charge < -0.3 is 24.9 Å². The van der Waals surface area contributed by atoms with E-state index in [0.717, 1.165) is 5.56 Å². The second-order valence-corrected chi connectivity index (χ2v) is 7.09. The van der Waals surface area contributed by atoms with E-state index in [2.05, 4.69) is 20.6 Å². The number of aryl methyl sites for hydroxylation is 1. The van der Waals surface area contributed by atoms with Gasteiger partial charge in [-0.1, -0.05) is 29.5 Å². The lowest BCUT2D eigenvalue weighted by atomic mass is 10.2. The number of nitrogens with zero attached hydrogens (tertiary/aromatic N) is 4. The van der Waals surface area contributed by atoms with Crippen molar-refractivity contribution < 1.29 is 18.7 Å². The van der Waals surface area contributed by atoms with Crippen LogP contribution in [0.25, 0.3) is 11.5 Å². The first-order chi connectivity index (χ1) is 16.0. The zero-order valence-corrected chi connectivity index (χ0v) is 18.5. The van der Waals surface area contributed by atoms with Crippen LogP contribution in [-0.2, 0) is 6.54 Å². The summed E-state index contributed by atoms with van der Waals surface area (Å²) in [5.74, 6) is 1.86. The highest BCUT2D eigenvalue weighted by Crippen LogP contribution is 2.31. The highest BCUT2D eigenvalue weighted by molar-refractivity contribution is 6.06. The minimum atomic E-state index is -0.494. The van der Waals surface area contributed by atoms with E-state index < -0.39 is 5.91 Å². The maximum absolute atomic E-state index is 12.7. The predicted octanol–water partition coefficient (Wildman–Crippen LogP) is 3.53. The molecule has 0 aliphatic carbocycles. The second kappa shape index (κ2) is 9.43. The fourth-order valence-electron chi connectivity index (χ4n) is 3.28. The Bertz CT molecular complexity index is 1280. The molecule has 0 saturated carbocycles. The van der Waals surface area contributed by atoms with Gasteiger partial charge >= 0.3 is 0 Å². The molecule has 0 atom stereocenters. The van der Waals surface area contributed by atoms with Gasteiger partial charge in [0.1, 0.15) is 23.0 Å². The number of para-hydroxylation sites is 3. The maximum Gasteiger partial charge on any atom is 0.280 e. The van der Waals surface area contributed by atoms with Crippen molar-refractivity contribution >= 4 is 17.4 Å². The monoisotopic (exact) mass is 448 g/mol. The molecule has 0 fully saturated rings. The Morgan fingerprint density at radius 2 is 1.88 bits per heavy atom. The number of methoxy groups -OCH3 is 1. The van der Waals surface area contributed by atoms with Gasteiger partial charge in [0.05, 0.1) is 31.5 Å². The molecule has 0 spiro atoms. The average molecular weight is 448 g/mol. The van der Waals surface area contributed by atoms with Crippen LogP contribution >= 0.6 is 0 Å². The van der Waals surface area contributed by atoms with Gasteiger partial charge in [0.15, 0.2) is 11.5 Å². The van der Waals surface area contributed by atoms with Gasteiger partial charge in [-0.05, 0) is 38.1 Å². The fraction of sp³-hybridized carbons (Fsp3) is 0.217. The number of amides is 1. The van der Waals surface area contributed by atoms with E-state index in [1.165, 1.54) is 11.8 Å². The molecule has 2 aromatic heterocycles. The van der Waals surface area contributed by atoms with E-state index in [1.54, 1.807) is 31.2 Å². The molecule has 33 heavy (non-hydrogen) atoms. The minimum Gasteiger partial charge on any atom is -0.495 e. The van der Waals surface area contributed by atoms with E-state index in [-0.39, 0.29) is 18.1 Å². The summed E-state index contributed by atoms with van der Waals surface area (Å²) in [7, 11) is 1.52. The number of nitrogens with one attached hydrogen (secondary N) is 1. The Hall–Kier alpha value is -4.34. The Morgan fingerprint density at radius 1 is 1.15 bits per heavy atom. The lowest BCUT2D eigenvalue weighted by Crippen LogP contribution is -2.16. The van der Waals surface area contributed by atoms with Crippen LogP contribution in [0.4, 0.5) is 11.5 Å².